The van der Waals surface area contributed by atoms with Gasteiger partial charge in [0, 0.05) is 28.2 Å². The maximum absolute atomic E-state index is 14.3. The molecular formula is C24H28FN2O2+. The fraction of sp³-hybridized carbons (Fsp3) is 0.292. The van der Waals surface area contributed by atoms with E-state index in [-0.39, 0.29) is 23.4 Å². The zero-order valence-electron chi connectivity index (χ0n) is 17.4. The standard InChI is InChI=1S/C24H27FN2O2/c1-15-22(16-6-5-7-18(12-16)24(2,3)4)20-13-17(23(28)29)8-9-21(20)27(15)14-19(25)10-11-26/h5-10,12-13H,11,14,26H2,1-4H3,(H,28,29)/p+1/b19-10-. The molecule has 0 spiro atoms. The van der Waals surface area contributed by atoms with Crippen LogP contribution in [0.15, 0.2) is 54.4 Å². The first-order valence-electron chi connectivity index (χ1n) is 9.74. The van der Waals surface area contributed by atoms with Crippen molar-refractivity contribution in [3.63, 3.8) is 0 Å². The average molecular weight is 395 g/mol. The maximum Gasteiger partial charge on any atom is 0.335 e. The molecule has 1 aromatic heterocycles. The molecule has 0 aliphatic heterocycles. The number of carboxylic acid groups (broad SMARTS) is 1. The Kier molecular flexibility index (Phi) is 5.62. The molecule has 3 aromatic rings. The third-order valence-corrected chi connectivity index (χ3v) is 5.26. The third kappa shape index (κ3) is 4.10. The number of aromatic carboxylic acids is 1. The summed E-state index contributed by atoms with van der Waals surface area (Å²) in [6, 6.07) is 13.3. The van der Waals surface area contributed by atoms with Crippen LogP contribution in [-0.4, -0.2) is 22.2 Å². The molecular weight excluding hydrogens is 367 g/mol. The summed E-state index contributed by atoms with van der Waals surface area (Å²) in [4.78, 5) is 11.5. The molecule has 0 aliphatic rings. The van der Waals surface area contributed by atoms with Gasteiger partial charge in [0.25, 0.3) is 0 Å². The molecule has 4 N–H and O–H groups in total. The maximum atomic E-state index is 14.3. The first-order chi connectivity index (χ1) is 13.6. The molecule has 0 unspecified atom stereocenters. The quantitative estimate of drug-likeness (QED) is 0.657. The minimum atomic E-state index is -0.977. The number of allylic oxidation sites excluding steroid dienone is 1. The molecule has 4 nitrogen and oxygen atoms in total. The number of carbonyl (C=O) groups is 1. The van der Waals surface area contributed by atoms with Gasteiger partial charge in [-0.15, -0.1) is 0 Å². The summed E-state index contributed by atoms with van der Waals surface area (Å²) >= 11 is 0. The predicted molar refractivity (Wildman–Crippen MR) is 115 cm³/mol. The fourth-order valence-corrected chi connectivity index (χ4v) is 3.70. The number of quaternary nitrogens is 1. The van der Waals surface area contributed by atoms with Crippen LogP contribution in [0.25, 0.3) is 22.0 Å². The molecule has 29 heavy (non-hydrogen) atoms. The van der Waals surface area contributed by atoms with Crippen LogP contribution >= 0.6 is 0 Å². The normalized spacial score (nSPS) is 12.6. The Morgan fingerprint density at radius 2 is 1.93 bits per heavy atom. The summed E-state index contributed by atoms with van der Waals surface area (Å²) in [5.74, 6) is -1.23. The number of halogens is 1. The minimum Gasteiger partial charge on any atom is -0.478 e. The largest absolute Gasteiger partial charge is 0.478 e. The smallest absolute Gasteiger partial charge is 0.335 e. The summed E-state index contributed by atoms with van der Waals surface area (Å²) in [6.07, 6.45) is 1.47. The summed E-state index contributed by atoms with van der Waals surface area (Å²) in [6.45, 7) is 8.91. The highest BCUT2D eigenvalue weighted by Gasteiger charge is 2.20. The summed E-state index contributed by atoms with van der Waals surface area (Å²) in [5, 5.41) is 10.3. The van der Waals surface area contributed by atoms with E-state index in [1.807, 2.05) is 23.6 Å². The van der Waals surface area contributed by atoms with Crippen LogP contribution in [0.5, 0.6) is 0 Å². The molecule has 0 saturated heterocycles. The van der Waals surface area contributed by atoms with Crippen LogP contribution < -0.4 is 5.73 Å². The second-order valence-electron chi connectivity index (χ2n) is 8.35. The van der Waals surface area contributed by atoms with E-state index in [9.17, 15) is 14.3 Å². The van der Waals surface area contributed by atoms with E-state index in [2.05, 4.69) is 38.6 Å². The van der Waals surface area contributed by atoms with Crippen molar-refractivity contribution < 1.29 is 20.0 Å². The van der Waals surface area contributed by atoms with Crippen molar-refractivity contribution >= 4 is 16.9 Å². The summed E-state index contributed by atoms with van der Waals surface area (Å²) < 4.78 is 16.2. The highest BCUT2D eigenvalue weighted by atomic mass is 19.1. The number of aromatic nitrogens is 1. The van der Waals surface area contributed by atoms with Gasteiger partial charge >= 0.3 is 5.97 Å². The molecule has 1 heterocycles. The van der Waals surface area contributed by atoms with E-state index in [1.54, 1.807) is 18.2 Å². The monoisotopic (exact) mass is 395 g/mol. The Bertz CT molecular complexity index is 1100. The van der Waals surface area contributed by atoms with Gasteiger partial charge in [0.1, 0.15) is 5.83 Å². The molecule has 0 atom stereocenters. The van der Waals surface area contributed by atoms with Gasteiger partial charge in [-0.05, 0) is 41.7 Å². The van der Waals surface area contributed by atoms with Crippen LogP contribution in [0.2, 0.25) is 0 Å². The van der Waals surface area contributed by atoms with Crippen molar-refractivity contribution in [2.24, 2.45) is 0 Å². The van der Waals surface area contributed by atoms with Crippen molar-refractivity contribution in [2.45, 2.75) is 39.7 Å². The minimum absolute atomic E-state index is 0.0164. The summed E-state index contributed by atoms with van der Waals surface area (Å²) in [7, 11) is 0. The Hall–Kier alpha value is -2.92. The van der Waals surface area contributed by atoms with Gasteiger partial charge in [0.15, 0.2) is 0 Å². The van der Waals surface area contributed by atoms with Gasteiger partial charge in [0.2, 0.25) is 0 Å². The molecule has 0 saturated carbocycles. The lowest BCUT2D eigenvalue weighted by molar-refractivity contribution is -0.353. The van der Waals surface area contributed by atoms with Crippen molar-refractivity contribution in [3.05, 3.63) is 71.2 Å². The molecule has 0 aliphatic carbocycles. The molecule has 0 radical (unpaired) electrons. The Morgan fingerprint density at radius 3 is 2.55 bits per heavy atom. The van der Waals surface area contributed by atoms with Gasteiger partial charge in [-0.3, -0.25) is 0 Å². The van der Waals surface area contributed by atoms with Crippen LogP contribution in [0.4, 0.5) is 4.39 Å². The van der Waals surface area contributed by atoms with Gasteiger partial charge in [-0.25, -0.2) is 9.18 Å². The molecule has 0 bridgehead atoms. The predicted octanol–water partition coefficient (Wildman–Crippen LogP) is 4.71. The van der Waals surface area contributed by atoms with E-state index >= 15 is 0 Å². The van der Waals surface area contributed by atoms with Crippen LogP contribution in [0, 0.1) is 6.92 Å². The number of hydrogen-bond acceptors (Lipinski definition) is 1. The van der Waals surface area contributed by atoms with E-state index in [1.165, 1.54) is 11.6 Å². The van der Waals surface area contributed by atoms with Crippen molar-refractivity contribution in [1.82, 2.24) is 4.57 Å². The molecule has 152 valence electrons. The lowest BCUT2D eigenvalue weighted by atomic mass is 9.85. The number of carboxylic acids is 1. The highest BCUT2D eigenvalue weighted by molar-refractivity contribution is 6.02. The Labute approximate surface area is 170 Å². The molecule has 5 heteroatoms. The van der Waals surface area contributed by atoms with Crippen molar-refractivity contribution in [3.8, 4) is 11.1 Å². The average Bonchev–Trinajstić information content (AvgIpc) is 2.92. The molecule has 0 fully saturated rings. The van der Waals surface area contributed by atoms with Gasteiger partial charge < -0.3 is 15.4 Å². The van der Waals surface area contributed by atoms with Gasteiger partial charge in [0.05, 0.1) is 18.7 Å². The van der Waals surface area contributed by atoms with E-state index in [4.69, 9.17) is 0 Å². The zero-order valence-corrected chi connectivity index (χ0v) is 17.4. The second kappa shape index (κ2) is 7.84. The third-order valence-electron chi connectivity index (χ3n) is 5.26. The number of fused-ring (bicyclic) bond motifs is 1. The first kappa shape index (κ1) is 20.8. The number of hydrogen-bond donors (Lipinski definition) is 2. The van der Waals surface area contributed by atoms with Gasteiger partial charge in [-0.1, -0.05) is 45.0 Å². The molecule has 0 amide bonds. The van der Waals surface area contributed by atoms with E-state index < -0.39 is 5.97 Å². The van der Waals surface area contributed by atoms with Crippen molar-refractivity contribution in [2.75, 3.05) is 6.54 Å². The number of nitrogens with zero attached hydrogens (tertiary/aromatic N) is 1. The summed E-state index contributed by atoms with van der Waals surface area (Å²) in [5.41, 5.74) is 8.73. The fourth-order valence-electron chi connectivity index (χ4n) is 3.70. The van der Waals surface area contributed by atoms with Crippen LogP contribution in [0.3, 0.4) is 0 Å². The highest BCUT2D eigenvalue weighted by Crippen LogP contribution is 2.37. The SMILES string of the molecule is Cc1c(-c2cccc(C(C)(C)C)c2)c2cc(C(=O)O)ccc2n1C/C(F)=C/C[NH3+]. The number of rotatable bonds is 5. The Balaban J connectivity index is 2.30. The van der Waals surface area contributed by atoms with E-state index in [0.29, 0.717) is 6.54 Å². The molecule has 2 aromatic carbocycles. The molecule has 3 rings (SSSR count). The first-order valence-corrected chi connectivity index (χ1v) is 9.74. The van der Waals surface area contributed by atoms with Crippen LogP contribution in [0.1, 0.15) is 42.4 Å². The lowest BCUT2D eigenvalue weighted by Gasteiger charge is -2.20. The second-order valence-corrected chi connectivity index (χ2v) is 8.35. The topological polar surface area (TPSA) is 69.9 Å². The number of benzene rings is 2. The van der Waals surface area contributed by atoms with Gasteiger partial charge in [-0.2, -0.15) is 0 Å². The lowest BCUT2D eigenvalue weighted by Crippen LogP contribution is -2.49. The zero-order chi connectivity index (χ0) is 21.3. The van der Waals surface area contributed by atoms with E-state index in [0.717, 1.165) is 27.7 Å². The van der Waals surface area contributed by atoms with Crippen LogP contribution in [-0.2, 0) is 12.0 Å². The van der Waals surface area contributed by atoms with Crippen molar-refractivity contribution in [1.29, 1.82) is 0 Å². The Morgan fingerprint density at radius 1 is 1.21 bits per heavy atom.